The van der Waals surface area contributed by atoms with Gasteiger partial charge in [0.25, 0.3) is 5.91 Å². The Morgan fingerprint density at radius 3 is 2.29 bits per heavy atom. The minimum absolute atomic E-state index is 0.0913. The van der Waals surface area contributed by atoms with Gasteiger partial charge in [-0.2, -0.15) is 0 Å². The van der Waals surface area contributed by atoms with Gasteiger partial charge in [0, 0.05) is 6.26 Å². The first-order valence-electron chi connectivity index (χ1n) is 4.95. The van der Waals surface area contributed by atoms with Crippen molar-refractivity contribution in [2.45, 2.75) is 24.2 Å². The van der Waals surface area contributed by atoms with E-state index in [4.69, 9.17) is 5.21 Å². The standard InChI is InChI=1S/C11H15NO4S/c1-11(2,10(13)12-14)8-6-4-5-7-9(8)17(3,15)16/h4-7,14H,1-3H3,(H,12,13). The molecule has 0 aromatic heterocycles. The maximum absolute atomic E-state index is 11.6. The molecule has 0 heterocycles. The van der Waals surface area contributed by atoms with Crippen LogP contribution in [-0.2, 0) is 20.0 Å². The van der Waals surface area contributed by atoms with E-state index in [1.54, 1.807) is 37.5 Å². The van der Waals surface area contributed by atoms with E-state index in [1.165, 1.54) is 6.07 Å². The SMILES string of the molecule is CC(C)(C(=O)NO)c1ccccc1S(C)(=O)=O. The first-order chi connectivity index (χ1) is 7.71. The third kappa shape index (κ3) is 2.65. The van der Waals surface area contributed by atoms with E-state index in [2.05, 4.69) is 0 Å². The van der Waals surface area contributed by atoms with Crippen LogP contribution in [0.3, 0.4) is 0 Å². The fourth-order valence-corrected chi connectivity index (χ4v) is 2.62. The van der Waals surface area contributed by atoms with Crippen molar-refractivity contribution in [3.63, 3.8) is 0 Å². The van der Waals surface area contributed by atoms with Gasteiger partial charge in [0.2, 0.25) is 0 Å². The van der Waals surface area contributed by atoms with Gasteiger partial charge in [-0.05, 0) is 25.5 Å². The lowest BCUT2D eigenvalue weighted by molar-refractivity contribution is -0.134. The van der Waals surface area contributed by atoms with Crippen LogP contribution in [0.15, 0.2) is 29.2 Å². The van der Waals surface area contributed by atoms with E-state index >= 15 is 0 Å². The Labute approximate surface area is 100 Å². The van der Waals surface area contributed by atoms with Crippen molar-refractivity contribution in [3.05, 3.63) is 29.8 Å². The van der Waals surface area contributed by atoms with Gasteiger partial charge in [-0.25, -0.2) is 13.9 Å². The Hall–Kier alpha value is -1.40. The Kier molecular flexibility index (Phi) is 3.59. The molecule has 0 saturated heterocycles. The molecular formula is C11H15NO4S. The zero-order valence-corrected chi connectivity index (χ0v) is 10.7. The molecule has 0 unspecified atom stereocenters. The Morgan fingerprint density at radius 1 is 1.29 bits per heavy atom. The molecule has 94 valence electrons. The number of carbonyl (C=O) groups excluding carboxylic acids is 1. The molecule has 1 aromatic carbocycles. The molecule has 0 aliphatic rings. The number of benzene rings is 1. The highest BCUT2D eigenvalue weighted by molar-refractivity contribution is 7.90. The van der Waals surface area contributed by atoms with Crippen molar-refractivity contribution in [1.29, 1.82) is 0 Å². The summed E-state index contributed by atoms with van der Waals surface area (Å²) in [6, 6.07) is 6.24. The van der Waals surface area contributed by atoms with Crippen molar-refractivity contribution in [3.8, 4) is 0 Å². The third-order valence-electron chi connectivity index (χ3n) is 2.63. The van der Waals surface area contributed by atoms with Gasteiger partial charge >= 0.3 is 0 Å². The number of hydrogen-bond donors (Lipinski definition) is 2. The second-order valence-electron chi connectivity index (χ2n) is 4.33. The summed E-state index contributed by atoms with van der Waals surface area (Å²) in [5, 5.41) is 8.68. The monoisotopic (exact) mass is 257 g/mol. The first kappa shape index (κ1) is 13.7. The molecule has 0 aliphatic heterocycles. The minimum Gasteiger partial charge on any atom is -0.289 e. The molecule has 0 fully saturated rings. The molecule has 0 radical (unpaired) electrons. The summed E-state index contributed by atoms with van der Waals surface area (Å²) in [6.07, 6.45) is 1.08. The lowest BCUT2D eigenvalue weighted by Gasteiger charge is -2.24. The average Bonchev–Trinajstić information content (AvgIpc) is 2.26. The van der Waals surface area contributed by atoms with Gasteiger partial charge in [0.05, 0.1) is 10.3 Å². The fraction of sp³-hybridized carbons (Fsp3) is 0.364. The van der Waals surface area contributed by atoms with Gasteiger partial charge in [0.15, 0.2) is 9.84 Å². The van der Waals surface area contributed by atoms with Crippen LogP contribution in [-0.4, -0.2) is 25.8 Å². The lowest BCUT2D eigenvalue weighted by atomic mass is 9.84. The molecule has 1 amide bonds. The summed E-state index contributed by atoms with van der Waals surface area (Å²) >= 11 is 0. The molecule has 1 rings (SSSR count). The summed E-state index contributed by atoms with van der Waals surface area (Å²) in [5.74, 6) is -0.659. The van der Waals surface area contributed by atoms with Crippen molar-refractivity contribution in [1.82, 2.24) is 5.48 Å². The molecule has 1 aromatic rings. The maximum atomic E-state index is 11.6. The Morgan fingerprint density at radius 2 is 1.82 bits per heavy atom. The number of hydroxylamine groups is 1. The average molecular weight is 257 g/mol. The number of amides is 1. The number of carbonyl (C=O) groups is 1. The van der Waals surface area contributed by atoms with Crippen molar-refractivity contribution in [2.24, 2.45) is 0 Å². The second kappa shape index (κ2) is 4.46. The lowest BCUT2D eigenvalue weighted by Crippen LogP contribution is -2.39. The highest BCUT2D eigenvalue weighted by Gasteiger charge is 2.33. The van der Waals surface area contributed by atoms with Crippen molar-refractivity contribution < 1.29 is 18.4 Å². The summed E-state index contributed by atoms with van der Waals surface area (Å²) in [5.41, 5.74) is 0.774. The summed E-state index contributed by atoms with van der Waals surface area (Å²) in [6.45, 7) is 3.09. The van der Waals surface area contributed by atoms with E-state index in [9.17, 15) is 13.2 Å². The summed E-state index contributed by atoms with van der Waals surface area (Å²) < 4.78 is 23.2. The summed E-state index contributed by atoms with van der Waals surface area (Å²) in [7, 11) is -3.42. The largest absolute Gasteiger partial charge is 0.289 e. The first-order valence-corrected chi connectivity index (χ1v) is 6.84. The van der Waals surface area contributed by atoms with Crippen LogP contribution in [0.5, 0.6) is 0 Å². The van der Waals surface area contributed by atoms with Crippen LogP contribution < -0.4 is 5.48 Å². The molecular weight excluding hydrogens is 242 g/mol. The topological polar surface area (TPSA) is 83.5 Å². The highest BCUT2D eigenvalue weighted by atomic mass is 32.2. The number of rotatable bonds is 3. The Balaban J connectivity index is 3.48. The smallest absolute Gasteiger partial charge is 0.253 e. The zero-order valence-electron chi connectivity index (χ0n) is 9.89. The van der Waals surface area contributed by atoms with Crippen molar-refractivity contribution >= 4 is 15.7 Å². The second-order valence-corrected chi connectivity index (χ2v) is 6.32. The predicted molar refractivity (Wildman–Crippen MR) is 62.5 cm³/mol. The van der Waals surface area contributed by atoms with E-state index < -0.39 is 21.2 Å². The van der Waals surface area contributed by atoms with E-state index in [0.717, 1.165) is 6.26 Å². The number of hydrogen-bond acceptors (Lipinski definition) is 4. The fourth-order valence-electron chi connectivity index (χ4n) is 1.57. The molecule has 0 atom stereocenters. The number of sulfone groups is 1. The molecule has 0 aliphatic carbocycles. The van der Waals surface area contributed by atoms with Gasteiger partial charge < -0.3 is 0 Å². The van der Waals surface area contributed by atoms with Crippen LogP contribution in [0.4, 0.5) is 0 Å². The molecule has 0 saturated carbocycles. The van der Waals surface area contributed by atoms with Gasteiger partial charge in [-0.1, -0.05) is 18.2 Å². The predicted octanol–water partition coefficient (Wildman–Crippen LogP) is 0.873. The normalized spacial score (nSPS) is 12.2. The quantitative estimate of drug-likeness (QED) is 0.621. The third-order valence-corrected chi connectivity index (χ3v) is 3.78. The number of nitrogens with one attached hydrogen (secondary N) is 1. The van der Waals surface area contributed by atoms with Crippen LogP contribution in [0.2, 0.25) is 0 Å². The van der Waals surface area contributed by atoms with Gasteiger partial charge in [0.1, 0.15) is 0 Å². The van der Waals surface area contributed by atoms with E-state index in [0.29, 0.717) is 5.56 Å². The van der Waals surface area contributed by atoms with Gasteiger partial charge in [-0.3, -0.25) is 10.0 Å². The van der Waals surface area contributed by atoms with E-state index in [1.807, 2.05) is 0 Å². The van der Waals surface area contributed by atoms with Crippen molar-refractivity contribution in [2.75, 3.05) is 6.26 Å². The molecule has 17 heavy (non-hydrogen) atoms. The van der Waals surface area contributed by atoms with Crippen LogP contribution in [0, 0.1) is 0 Å². The molecule has 0 spiro atoms. The van der Waals surface area contributed by atoms with Crippen LogP contribution in [0.25, 0.3) is 0 Å². The van der Waals surface area contributed by atoms with Crippen LogP contribution in [0.1, 0.15) is 19.4 Å². The molecule has 5 nitrogen and oxygen atoms in total. The van der Waals surface area contributed by atoms with Gasteiger partial charge in [-0.15, -0.1) is 0 Å². The minimum atomic E-state index is -3.42. The summed E-state index contributed by atoms with van der Waals surface area (Å²) in [4.78, 5) is 11.6. The van der Waals surface area contributed by atoms with Crippen LogP contribution >= 0.6 is 0 Å². The maximum Gasteiger partial charge on any atom is 0.253 e. The molecule has 0 bridgehead atoms. The highest BCUT2D eigenvalue weighted by Crippen LogP contribution is 2.29. The van der Waals surface area contributed by atoms with E-state index in [-0.39, 0.29) is 4.90 Å². The molecule has 2 N–H and O–H groups in total. The molecule has 6 heteroatoms. The Bertz CT molecular complexity index is 534. The zero-order chi connectivity index (χ0) is 13.3.